The first-order valence-electron chi connectivity index (χ1n) is 5.57. The van der Waals surface area contributed by atoms with Crippen LogP contribution in [0.15, 0.2) is 0 Å². The van der Waals surface area contributed by atoms with Crippen molar-refractivity contribution in [3.8, 4) is 0 Å². The third-order valence-corrected chi connectivity index (χ3v) is 3.16. The van der Waals surface area contributed by atoms with Crippen molar-refractivity contribution in [3.05, 3.63) is 0 Å². The van der Waals surface area contributed by atoms with Crippen LogP contribution in [0.4, 0.5) is 0 Å². The summed E-state index contributed by atoms with van der Waals surface area (Å²) in [6, 6.07) is 0. The molecule has 2 unspecified atom stereocenters. The minimum atomic E-state index is -0.0258. The molecule has 0 aliphatic carbocycles. The Balaban J connectivity index is 2.28. The van der Waals surface area contributed by atoms with Crippen molar-refractivity contribution < 1.29 is 4.74 Å². The van der Waals surface area contributed by atoms with Crippen molar-refractivity contribution in [2.24, 2.45) is 11.7 Å². The van der Waals surface area contributed by atoms with Gasteiger partial charge < -0.3 is 15.4 Å². The molecule has 14 heavy (non-hydrogen) atoms. The predicted octanol–water partition coefficient (Wildman–Crippen LogP) is 1.08. The van der Waals surface area contributed by atoms with Gasteiger partial charge in [0.2, 0.25) is 0 Å². The molecule has 0 aromatic carbocycles. The van der Waals surface area contributed by atoms with Crippen LogP contribution >= 0.6 is 0 Å². The molecule has 2 N–H and O–H groups in total. The Kier molecular flexibility index (Phi) is 4.35. The number of methoxy groups -OCH3 is 1. The highest BCUT2D eigenvalue weighted by molar-refractivity contribution is 4.85. The fourth-order valence-electron chi connectivity index (χ4n) is 2.05. The Morgan fingerprint density at radius 2 is 2.29 bits per heavy atom. The van der Waals surface area contributed by atoms with Crippen LogP contribution in [0.5, 0.6) is 0 Å². The van der Waals surface area contributed by atoms with Crippen molar-refractivity contribution in [3.63, 3.8) is 0 Å². The highest BCUT2D eigenvalue weighted by Crippen LogP contribution is 2.19. The molecule has 3 nitrogen and oxygen atoms in total. The molecular formula is C11H24N2O. The van der Waals surface area contributed by atoms with Crippen LogP contribution in [0, 0.1) is 5.92 Å². The van der Waals surface area contributed by atoms with E-state index >= 15 is 0 Å². The van der Waals surface area contributed by atoms with Crippen molar-refractivity contribution in [2.45, 2.75) is 32.2 Å². The number of nitrogens with two attached hydrogens (primary N) is 1. The smallest absolute Gasteiger partial charge is 0.0503 e. The van der Waals surface area contributed by atoms with Crippen LogP contribution in [-0.4, -0.2) is 43.8 Å². The number of hydrogen-bond donors (Lipinski definition) is 1. The van der Waals surface area contributed by atoms with Crippen molar-refractivity contribution in [1.82, 2.24) is 4.90 Å². The molecule has 0 aromatic rings. The largest absolute Gasteiger partial charge is 0.384 e. The van der Waals surface area contributed by atoms with Gasteiger partial charge in [0, 0.05) is 25.7 Å². The zero-order chi connectivity index (χ0) is 10.6. The lowest BCUT2D eigenvalue weighted by atomic mass is 10.00. The fraction of sp³-hybridized carbons (Fsp3) is 1.00. The quantitative estimate of drug-likeness (QED) is 0.722. The van der Waals surface area contributed by atoms with Crippen LogP contribution in [0.2, 0.25) is 0 Å². The average molecular weight is 200 g/mol. The molecule has 2 atom stereocenters. The summed E-state index contributed by atoms with van der Waals surface area (Å²) < 4.78 is 5.17. The number of likely N-dealkylation sites (tertiary alicyclic amines) is 1. The number of ether oxygens (including phenoxy) is 1. The van der Waals surface area contributed by atoms with Gasteiger partial charge in [0.1, 0.15) is 0 Å². The zero-order valence-electron chi connectivity index (χ0n) is 9.75. The highest BCUT2D eigenvalue weighted by atomic mass is 16.5. The van der Waals surface area contributed by atoms with Gasteiger partial charge in [0.15, 0.2) is 0 Å². The van der Waals surface area contributed by atoms with Gasteiger partial charge in [-0.3, -0.25) is 0 Å². The van der Waals surface area contributed by atoms with Gasteiger partial charge in [0.25, 0.3) is 0 Å². The summed E-state index contributed by atoms with van der Waals surface area (Å²) in [5.74, 6) is 0.715. The number of rotatable bonds is 5. The first-order chi connectivity index (χ1) is 6.57. The van der Waals surface area contributed by atoms with Gasteiger partial charge in [-0.15, -0.1) is 0 Å². The monoisotopic (exact) mass is 200 g/mol. The van der Waals surface area contributed by atoms with E-state index in [1.807, 2.05) is 0 Å². The van der Waals surface area contributed by atoms with Crippen LogP contribution in [0.1, 0.15) is 26.7 Å². The predicted molar refractivity (Wildman–Crippen MR) is 59.3 cm³/mol. The molecule has 84 valence electrons. The van der Waals surface area contributed by atoms with Crippen molar-refractivity contribution >= 4 is 0 Å². The maximum absolute atomic E-state index is 6.14. The van der Waals surface area contributed by atoms with Crippen LogP contribution in [0.3, 0.4) is 0 Å². The topological polar surface area (TPSA) is 38.5 Å². The summed E-state index contributed by atoms with van der Waals surface area (Å²) in [6.45, 7) is 8.54. The molecule has 1 aliphatic rings. The van der Waals surface area contributed by atoms with Crippen molar-refractivity contribution in [2.75, 3.05) is 33.4 Å². The lowest BCUT2D eigenvalue weighted by molar-refractivity contribution is 0.150. The molecule has 3 heteroatoms. The molecule has 0 spiro atoms. The SMILES string of the molecule is CCC(C)(N)CN1CCC(COC)C1. The zero-order valence-corrected chi connectivity index (χ0v) is 9.75. The number of hydrogen-bond acceptors (Lipinski definition) is 3. The van der Waals surface area contributed by atoms with Gasteiger partial charge in [-0.2, -0.15) is 0 Å². The van der Waals surface area contributed by atoms with Gasteiger partial charge in [-0.25, -0.2) is 0 Å². The maximum atomic E-state index is 6.14. The van der Waals surface area contributed by atoms with Gasteiger partial charge in [-0.1, -0.05) is 6.92 Å². The van der Waals surface area contributed by atoms with Gasteiger partial charge >= 0.3 is 0 Å². The van der Waals surface area contributed by atoms with E-state index in [4.69, 9.17) is 10.5 Å². The molecule has 1 aliphatic heterocycles. The first-order valence-corrected chi connectivity index (χ1v) is 5.57. The Bertz CT molecular complexity index is 171. The molecule has 0 bridgehead atoms. The van der Waals surface area contributed by atoms with E-state index in [-0.39, 0.29) is 5.54 Å². The number of nitrogens with zero attached hydrogens (tertiary/aromatic N) is 1. The molecule has 0 radical (unpaired) electrons. The normalized spacial score (nSPS) is 27.9. The summed E-state index contributed by atoms with van der Waals surface area (Å²) in [6.07, 6.45) is 2.30. The lowest BCUT2D eigenvalue weighted by Gasteiger charge is -2.29. The second kappa shape index (κ2) is 5.10. The van der Waals surface area contributed by atoms with E-state index in [2.05, 4.69) is 18.7 Å². The second-order valence-corrected chi connectivity index (χ2v) is 4.85. The maximum Gasteiger partial charge on any atom is 0.0503 e. The molecule has 0 amide bonds. The molecule has 1 fully saturated rings. The molecule has 0 aromatic heterocycles. The Labute approximate surface area is 87.6 Å². The third kappa shape index (κ3) is 3.56. The third-order valence-electron chi connectivity index (χ3n) is 3.16. The van der Waals surface area contributed by atoms with Gasteiger partial charge in [0.05, 0.1) is 6.61 Å². The van der Waals surface area contributed by atoms with Gasteiger partial charge in [-0.05, 0) is 32.2 Å². The summed E-state index contributed by atoms with van der Waals surface area (Å²) in [5, 5.41) is 0. The van der Waals surface area contributed by atoms with E-state index in [0.717, 1.165) is 26.1 Å². The fourth-order valence-corrected chi connectivity index (χ4v) is 2.05. The molecule has 1 rings (SSSR count). The van der Waals surface area contributed by atoms with Crippen molar-refractivity contribution in [1.29, 1.82) is 0 Å². The van der Waals surface area contributed by atoms with Crippen LogP contribution in [-0.2, 0) is 4.74 Å². The average Bonchev–Trinajstić information content (AvgIpc) is 2.53. The van der Waals surface area contributed by atoms with Crippen LogP contribution < -0.4 is 5.73 Å². The van der Waals surface area contributed by atoms with Crippen LogP contribution in [0.25, 0.3) is 0 Å². The summed E-state index contributed by atoms with van der Waals surface area (Å²) >= 11 is 0. The summed E-state index contributed by atoms with van der Waals surface area (Å²) in [7, 11) is 1.78. The molecule has 1 saturated heterocycles. The minimum Gasteiger partial charge on any atom is -0.384 e. The minimum absolute atomic E-state index is 0.0258. The molecule has 0 saturated carbocycles. The lowest BCUT2D eigenvalue weighted by Crippen LogP contribution is -2.46. The second-order valence-electron chi connectivity index (χ2n) is 4.85. The van der Waals surface area contributed by atoms with E-state index in [0.29, 0.717) is 5.92 Å². The first kappa shape index (κ1) is 12.0. The van der Waals surface area contributed by atoms with E-state index in [9.17, 15) is 0 Å². The standard InChI is InChI=1S/C11H24N2O/c1-4-11(2,12)9-13-6-5-10(7-13)8-14-3/h10H,4-9,12H2,1-3H3. The van der Waals surface area contributed by atoms with E-state index in [1.54, 1.807) is 7.11 Å². The molecular weight excluding hydrogens is 176 g/mol. The Morgan fingerprint density at radius 1 is 1.57 bits per heavy atom. The Morgan fingerprint density at radius 3 is 2.86 bits per heavy atom. The Hall–Kier alpha value is -0.120. The summed E-state index contributed by atoms with van der Waals surface area (Å²) in [5.41, 5.74) is 6.12. The van der Waals surface area contributed by atoms with E-state index < -0.39 is 0 Å². The highest BCUT2D eigenvalue weighted by Gasteiger charge is 2.27. The van der Waals surface area contributed by atoms with E-state index in [1.165, 1.54) is 13.0 Å². The molecule has 1 heterocycles. The summed E-state index contributed by atoms with van der Waals surface area (Å²) in [4.78, 5) is 2.47.